The number of hydrogen-bond acceptors (Lipinski definition) is 12. The first-order valence-corrected chi connectivity index (χ1v) is 18.8. The summed E-state index contributed by atoms with van der Waals surface area (Å²) < 4.78 is 24.1. The molecule has 0 aliphatic heterocycles. The van der Waals surface area contributed by atoms with Gasteiger partial charge in [-0.3, -0.25) is 19.2 Å². The number of hydrogen-bond donors (Lipinski definition) is 3. The highest BCUT2D eigenvalue weighted by Crippen LogP contribution is 2.69. The summed E-state index contributed by atoms with van der Waals surface area (Å²) in [5.74, 6) is -0.116. The quantitative estimate of drug-likeness (QED) is 0.159. The number of likely N-dealkylation sites (N-methyl/N-ethyl adjacent to an activating group) is 1. The maximum atomic E-state index is 13.2. The number of carbonyl (C=O) groups excluding carboxylic acids is 4. The number of esters is 4. The first-order chi connectivity index (χ1) is 23.3. The van der Waals surface area contributed by atoms with Gasteiger partial charge >= 0.3 is 23.9 Å². The lowest BCUT2D eigenvalue weighted by atomic mass is 9.43. The van der Waals surface area contributed by atoms with Gasteiger partial charge in [0.05, 0.1) is 19.3 Å². The number of rotatable bonds is 16. The van der Waals surface area contributed by atoms with Crippen molar-refractivity contribution in [3.63, 3.8) is 0 Å². The molecule has 11 atom stereocenters. The first-order valence-electron chi connectivity index (χ1n) is 18.8. The van der Waals surface area contributed by atoms with Crippen molar-refractivity contribution in [2.75, 3.05) is 46.9 Å². The molecule has 0 spiro atoms. The van der Waals surface area contributed by atoms with Gasteiger partial charge < -0.3 is 41.0 Å². The molecule has 12 nitrogen and oxygen atoms in total. The summed E-state index contributed by atoms with van der Waals surface area (Å²) in [6.45, 7) is 8.57. The Bertz CT molecular complexity index is 1150. The zero-order chi connectivity index (χ0) is 35.9. The minimum Gasteiger partial charge on any atom is -0.464 e. The number of nitrogens with zero attached hydrogens (tertiary/aromatic N) is 1. The third-order valence-electron chi connectivity index (χ3n) is 12.9. The molecular weight excluding hydrogens is 628 g/mol. The molecule has 0 aromatic rings. The SMILES string of the molecule is C[C@H](CCC(=O)OCCN(C)C)C1CC[C@H]2C3[C@H](OC(=O)CCN)CC4C[C@H](OC(=O)CCN)CC[C@]4(C)[C@H]3C[C@H](OC(=O)CCN)[C@]12C. The molecule has 4 aliphatic carbocycles. The van der Waals surface area contributed by atoms with Crippen LogP contribution in [0.1, 0.15) is 97.8 Å². The van der Waals surface area contributed by atoms with Crippen molar-refractivity contribution in [2.24, 2.45) is 63.5 Å². The fourth-order valence-corrected chi connectivity index (χ4v) is 10.5. The van der Waals surface area contributed by atoms with Crippen LogP contribution >= 0.6 is 0 Å². The summed E-state index contributed by atoms with van der Waals surface area (Å²) in [5.41, 5.74) is 16.7. The van der Waals surface area contributed by atoms with E-state index in [0.29, 0.717) is 45.3 Å². The highest BCUT2D eigenvalue weighted by Gasteiger charge is 2.67. The molecular formula is C37H64N4O8. The third kappa shape index (κ3) is 8.97. The van der Waals surface area contributed by atoms with Crippen LogP contribution in [0, 0.1) is 46.3 Å². The van der Waals surface area contributed by atoms with E-state index in [-0.39, 0.29) is 127 Å². The maximum absolute atomic E-state index is 13.2. The summed E-state index contributed by atoms with van der Waals surface area (Å²) in [4.78, 5) is 53.3. The fraction of sp³-hybridized carbons (Fsp3) is 0.892. The average molecular weight is 693 g/mol. The van der Waals surface area contributed by atoms with Crippen LogP contribution in [-0.2, 0) is 38.1 Å². The molecule has 0 aromatic carbocycles. The van der Waals surface area contributed by atoms with Gasteiger partial charge in [-0.2, -0.15) is 0 Å². The van der Waals surface area contributed by atoms with E-state index in [0.717, 1.165) is 25.7 Å². The van der Waals surface area contributed by atoms with Gasteiger partial charge in [0.1, 0.15) is 24.9 Å². The molecule has 280 valence electrons. The molecule has 0 radical (unpaired) electrons. The van der Waals surface area contributed by atoms with Gasteiger partial charge in [-0.15, -0.1) is 0 Å². The number of fused-ring (bicyclic) bond motifs is 5. The molecule has 4 aliphatic rings. The number of nitrogens with two attached hydrogens (primary N) is 3. The molecule has 0 heterocycles. The van der Waals surface area contributed by atoms with Gasteiger partial charge in [0.15, 0.2) is 0 Å². The Morgan fingerprint density at radius 3 is 2.04 bits per heavy atom. The van der Waals surface area contributed by atoms with Crippen molar-refractivity contribution in [3.05, 3.63) is 0 Å². The predicted octanol–water partition coefficient (Wildman–Crippen LogP) is 3.17. The molecule has 0 bridgehead atoms. The molecule has 4 fully saturated rings. The summed E-state index contributed by atoms with van der Waals surface area (Å²) in [7, 11) is 3.89. The van der Waals surface area contributed by atoms with E-state index in [1.807, 2.05) is 19.0 Å². The van der Waals surface area contributed by atoms with E-state index >= 15 is 0 Å². The predicted molar refractivity (Wildman–Crippen MR) is 185 cm³/mol. The average Bonchev–Trinajstić information content (AvgIpc) is 3.39. The largest absolute Gasteiger partial charge is 0.464 e. The monoisotopic (exact) mass is 692 g/mol. The van der Waals surface area contributed by atoms with Gasteiger partial charge in [0.2, 0.25) is 0 Å². The Labute approximate surface area is 293 Å². The van der Waals surface area contributed by atoms with E-state index in [1.165, 1.54) is 0 Å². The van der Waals surface area contributed by atoms with E-state index in [9.17, 15) is 19.2 Å². The van der Waals surface area contributed by atoms with E-state index in [1.54, 1.807) is 0 Å². The minimum atomic E-state index is -0.379. The zero-order valence-corrected chi connectivity index (χ0v) is 30.7. The smallest absolute Gasteiger partial charge is 0.307 e. The maximum Gasteiger partial charge on any atom is 0.307 e. The first kappa shape index (κ1) is 39.5. The van der Waals surface area contributed by atoms with Crippen molar-refractivity contribution in [2.45, 2.75) is 116 Å². The standard InChI is InChI=1S/C37H64N4O8/c1-23(6-9-31(42)46-19-18-41(4)5)26-7-8-27-35-28(22-30(37(26,27)3)49-34(45)13-17-40)36(2)14-10-25(47-32(43)11-15-38)20-24(36)21-29(35)48-33(44)12-16-39/h23-30,35H,6-22,38-40H2,1-5H3/t23-,24?,25-,26?,27+,28+,29-,30+,35?,36+,37-/m1/s1. The van der Waals surface area contributed by atoms with Gasteiger partial charge in [-0.25, -0.2) is 0 Å². The van der Waals surface area contributed by atoms with Gasteiger partial charge in [0, 0.05) is 43.9 Å². The second-order valence-corrected chi connectivity index (χ2v) is 16.1. The van der Waals surface area contributed by atoms with E-state index < -0.39 is 0 Å². The van der Waals surface area contributed by atoms with Crippen LogP contribution in [0.3, 0.4) is 0 Å². The van der Waals surface area contributed by atoms with Crippen molar-refractivity contribution >= 4 is 23.9 Å². The molecule has 3 unspecified atom stereocenters. The molecule has 0 aromatic heterocycles. The Kier molecular flexibility index (Phi) is 13.9. The van der Waals surface area contributed by atoms with Crippen LogP contribution in [0.5, 0.6) is 0 Å². The molecule has 12 heteroatoms. The topological polar surface area (TPSA) is 186 Å². The summed E-state index contributed by atoms with van der Waals surface area (Å²) in [6, 6.07) is 0. The molecule has 0 amide bonds. The normalized spacial score (nSPS) is 35.8. The van der Waals surface area contributed by atoms with Crippen LogP contribution in [0.15, 0.2) is 0 Å². The summed E-state index contributed by atoms with van der Waals surface area (Å²) in [5, 5.41) is 0. The number of carbonyl (C=O) groups is 4. The molecule has 4 rings (SSSR count). The molecule has 4 saturated carbocycles. The van der Waals surface area contributed by atoms with Crippen molar-refractivity contribution in [1.82, 2.24) is 4.90 Å². The van der Waals surface area contributed by atoms with Crippen LogP contribution in [-0.4, -0.2) is 94.0 Å². The number of ether oxygens (including phenoxy) is 4. The zero-order valence-electron chi connectivity index (χ0n) is 30.7. The highest BCUT2D eigenvalue weighted by atomic mass is 16.6. The van der Waals surface area contributed by atoms with Crippen LogP contribution in [0.2, 0.25) is 0 Å². The fourth-order valence-electron chi connectivity index (χ4n) is 10.5. The van der Waals surface area contributed by atoms with Crippen molar-refractivity contribution < 1.29 is 38.1 Å². The van der Waals surface area contributed by atoms with Crippen LogP contribution in [0.25, 0.3) is 0 Å². The summed E-state index contributed by atoms with van der Waals surface area (Å²) in [6.07, 6.45) is 6.22. The lowest BCUT2D eigenvalue weighted by molar-refractivity contribution is -0.225. The van der Waals surface area contributed by atoms with Gasteiger partial charge in [-0.1, -0.05) is 20.8 Å². The Morgan fingerprint density at radius 1 is 0.776 bits per heavy atom. The summed E-state index contributed by atoms with van der Waals surface area (Å²) >= 11 is 0. The van der Waals surface area contributed by atoms with Crippen molar-refractivity contribution in [1.29, 1.82) is 0 Å². The van der Waals surface area contributed by atoms with E-state index in [2.05, 4.69) is 20.8 Å². The Balaban J connectivity index is 1.64. The van der Waals surface area contributed by atoms with Crippen LogP contribution in [0.4, 0.5) is 0 Å². The highest BCUT2D eigenvalue weighted by molar-refractivity contribution is 5.71. The van der Waals surface area contributed by atoms with Crippen LogP contribution < -0.4 is 17.2 Å². The second-order valence-electron chi connectivity index (χ2n) is 16.1. The minimum absolute atomic E-state index is 0.0852. The van der Waals surface area contributed by atoms with Crippen molar-refractivity contribution in [3.8, 4) is 0 Å². The molecule has 0 saturated heterocycles. The lowest BCUT2D eigenvalue weighted by Gasteiger charge is -2.64. The Morgan fingerprint density at radius 2 is 1.41 bits per heavy atom. The van der Waals surface area contributed by atoms with E-state index in [4.69, 9.17) is 36.1 Å². The van der Waals surface area contributed by atoms with Gasteiger partial charge in [-0.05, 0) is 100 Å². The Hall–Kier alpha value is -2.28. The molecule has 6 N–H and O–H groups in total. The third-order valence-corrected chi connectivity index (χ3v) is 12.9. The lowest BCUT2D eigenvalue weighted by Crippen LogP contribution is -2.63. The molecule has 49 heavy (non-hydrogen) atoms. The van der Waals surface area contributed by atoms with Gasteiger partial charge in [0.25, 0.3) is 0 Å². The second kappa shape index (κ2) is 17.3.